The van der Waals surface area contributed by atoms with Gasteiger partial charge in [0.05, 0.1) is 24.4 Å². The van der Waals surface area contributed by atoms with Gasteiger partial charge in [0, 0.05) is 18.5 Å². The van der Waals surface area contributed by atoms with E-state index in [1.54, 1.807) is 48.8 Å². The van der Waals surface area contributed by atoms with E-state index in [4.69, 9.17) is 42.1 Å². The van der Waals surface area contributed by atoms with Gasteiger partial charge < -0.3 is 24.4 Å². The van der Waals surface area contributed by atoms with Crippen molar-refractivity contribution in [1.82, 2.24) is 4.90 Å². The molecule has 1 saturated carbocycles. The summed E-state index contributed by atoms with van der Waals surface area (Å²) in [4.78, 5) is 33.7. The summed E-state index contributed by atoms with van der Waals surface area (Å²) in [5.74, 6) is -0.706. The lowest BCUT2D eigenvalue weighted by Crippen LogP contribution is -2.53. The highest BCUT2D eigenvalue weighted by Gasteiger charge is 2.38. The molecule has 4 aliphatic rings. The average Bonchev–Trinajstić information content (AvgIpc) is 4.00. The van der Waals surface area contributed by atoms with Gasteiger partial charge in [-0.05, 0) is 98.1 Å². The molecule has 1 amide bonds. The minimum atomic E-state index is -3.07. The van der Waals surface area contributed by atoms with Crippen molar-refractivity contribution in [3.05, 3.63) is 117 Å². The quantitative estimate of drug-likeness (QED) is 0.116. The first-order valence-electron chi connectivity index (χ1n) is 17.9. The zero-order chi connectivity index (χ0) is 37.8. The molecule has 8 rings (SSSR count). The maximum Gasteiger partial charge on any atom is 0.415 e. The van der Waals surface area contributed by atoms with Crippen molar-refractivity contribution < 1.29 is 52.2 Å². The van der Waals surface area contributed by atoms with Gasteiger partial charge in [-0.3, -0.25) is 9.80 Å². The van der Waals surface area contributed by atoms with Crippen LogP contribution in [0.25, 0.3) is 0 Å². The number of halogens is 5. The fourth-order valence-corrected chi connectivity index (χ4v) is 7.42. The van der Waals surface area contributed by atoms with Crippen LogP contribution in [-0.4, -0.2) is 61.4 Å². The monoisotopic (exact) mass is 801 g/mol. The van der Waals surface area contributed by atoms with E-state index in [0.29, 0.717) is 45.8 Å². The Bertz CT molecular complexity index is 1940. The lowest BCUT2D eigenvalue weighted by molar-refractivity contribution is -0.377. The van der Waals surface area contributed by atoms with Gasteiger partial charge in [-0.2, -0.15) is 8.78 Å². The zero-order valence-corrected chi connectivity index (χ0v) is 31.2. The molecule has 4 aromatic rings. The van der Waals surface area contributed by atoms with Crippen LogP contribution in [0.5, 0.6) is 11.5 Å². The number of carbonyl (C=O) groups is 2. The Morgan fingerprint density at radius 1 is 0.927 bits per heavy atom. The summed E-state index contributed by atoms with van der Waals surface area (Å²) in [6.07, 6.45) is 5.11. The van der Waals surface area contributed by atoms with Crippen LogP contribution in [0.1, 0.15) is 58.8 Å². The number of pyridine rings is 1. The number of esters is 1. The number of aromatic nitrogens is 1. The molecule has 2 bridgehead atoms. The van der Waals surface area contributed by atoms with E-state index < -0.39 is 30.6 Å². The topological polar surface area (TPSA) is 122 Å². The number of rotatable bonds is 14. The van der Waals surface area contributed by atoms with Crippen LogP contribution in [0.4, 0.5) is 23.7 Å². The Morgan fingerprint density at radius 2 is 1.64 bits per heavy atom. The summed E-state index contributed by atoms with van der Waals surface area (Å²) in [7, 11) is 0. The predicted molar refractivity (Wildman–Crippen MR) is 197 cm³/mol. The molecule has 1 aliphatic carbocycles. The van der Waals surface area contributed by atoms with E-state index in [2.05, 4.69) is 9.88 Å². The number of amides is 1. The molecule has 0 radical (unpaired) electrons. The Morgan fingerprint density at radius 3 is 2.27 bits per heavy atom. The van der Waals surface area contributed by atoms with Crippen LogP contribution in [-0.2, 0) is 22.4 Å². The first-order valence-corrected chi connectivity index (χ1v) is 18.7. The predicted octanol–water partition coefficient (Wildman–Crippen LogP) is 8.54. The SMILES string of the molecule is O=C(O[C@@H](Cc1c(Cl)c[nH+]cc1Cl)c1ccc(OC(F)F)c(OCC2CC2)c1)c1ccc(CN(C(=O)O[C@H]2CN3CCC2CC3)c2ccccc2F)cc1.[OH-]. The maximum absolute atomic E-state index is 15.1. The molecule has 3 aliphatic heterocycles. The third-order valence-corrected chi connectivity index (χ3v) is 10.8. The third kappa shape index (κ3) is 10.0. The van der Waals surface area contributed by atoms with E-state index in [1.807, 2.05) is 0 Å². The maximum atomic E-state index is 15.1. The summed E-state index contributed by atoms with van der Waals surface area (Å²) in [5, 5.41) is 0.615. The molecular weight excluding hydrogens is 762 g/mol. The number of fused-ring (bicyclic) bond motifs is 3. The van der Waals surface area contributed by atoms with Gasteiger partial charge in [0.1, 0.15) is 28.1 Å². The number of hydrogen-bond acceptors (Lipinski definition) is 8. The minimum Gasteiger partial charge on any atom is -0.870 e. The zero-order valence-electron chi connectivity index (χ0n) is 29.6. The number of piperidine rings is 3. The fourth-order valence-electron chi connectivity index (χ4n) is 6.89. The molecule has 292 valence electrons. The van der Waals surface area contributed by atoms with Crippen LogP contribution < -0.4 is 19.4 Å². The second-order valence-corrected chi connectivity index (χ2v) is 14.7. The molecule has 3 aromatic carbocycles. The number of anilines is 1. The first kappa shape index (κ1) is 40.1. The molecule has 4 heterocycles. The Hall–Kier alpha value is -4.56. The Labute approximate surface area is 326 Å². The van der Waals surface area contributed by atoms with Crippen molar-refractivity contribution in [2.75, 3.05) is 31.1 Å². The van der Waals surface area contributed by atoms with E-state index in [1.165, 1.54) is 35.2 Å². The van der Waals surface area contributed by atoms with Crippen LogP contribution >= 0.6 is 23.2 Å². The van der Waals surface area contributed by atoms with Crippen molar-refractivity contribution in [2.45, 2.75) is 57.5 Å². The highest BCUT2D eigenvalue weighted by Crippen LogP contribution is 2.38. The van der Waals surface area contributed by atoms with Gasteiger partial charge in [0.2, 0.25) is 0 Å². The molecule has 55 heavy (non-hydrogen) atoms. The molecule has 15 heteroatoms. The summed E-state index contributed by atoms with van der Waals surface area (Å²) in [6.45, 7) is -0.131. The van der Waals surface area contributed by atoms with Gasteiger partial charge in [0.15, 0.2) is 23.9 Å². The van der Waals surface area contributed by atoms with E-state index >= 15 is 4.39 Å². The van der Waals surface area contributed by atoms with Crippen molar-refractivity contribution >= 4 is 41.0 Å². The van der Waals surface area contributed by atoms with Crippen molar-refractivity contribution in [3.8, 4) is 11.5 Å². The number of nitrogens with zero attached hydrogens (tertiary/aromatic N) is 2. The highest BCUT2D eigenvalue weighted by atomic mass is 35.5. The first-order chi connectivity index (χ1) is 26.1. The third-order valence-electron chi connectivity index (χ3n) is 10.1. The van der Waals surface area contributed by atoms with E-state index in [-0.39, 0.29) is 53.2 Å². The van der Waals surface area contributed by atoms with Gasteiger partial charge in [0.25, 0.3) is 0 Å². The largest absolute Gasteiger partial charge is 0.870 e. The lowest BCUT2D eigenvalue weighted by atomic mass is 9.86. The highest BCUT2D eigenvalue weighted by molar-refractivity contribution is 6.35. The van der Waals surface area contributed by atoms with Gasteiger partial charge in [-0.1, -0.05) is 53.5 Å². The second kappa shape index (κ2) is 17.9. The number of ether oxygens (including phenoxy) is 4. The summed E-state index contributed by atoms with van der Waals surface area (Å²) in [5.41, 5.74) is 1.82. The molecule has 2 atom stereocenters. The molecule has 0 spiro atoms. The molecule has 10 nitrogen and oxygen atoms in total. The summed E-state index contributed by atoms with van der Waals surface area (Å²) >= 11 is 13.0. The van der Waals surface area contributed by atoms with Gasteiger partial charge in [-0.15, -0.1) is 0 Å². The minimum absolute atomic E-state index is 0. The van der Waals surface area contributed by atoms with E-state index in [0.717, 1.165) is 38.8 Å². The molecule has 0 unspecified atom stereocenters. The number of nitrogens with one attached hydrogen (secondary N) is 1. The standard InChI is InChI=1S/C40H38Cl2F3N3O6.H2O/c41-30-19-46-20-31(42)29(30)18-35(28-11-12-34(53-39(44)45)36(17-28)51-23-25-5-6-25)52-38(49)27-9-7-24(8-10-27)21-48(33-4-2-1-3-32(33)43)40(50)54-37-22-47-15-13-26(37)14-16-47;/h1-4,7-12,17,19-20,25-26,35,37,39H,5-6,13-16,18,21-23H2;1H2/t35-,37-;/m0./s1. The summed E-state index contributed by atoms with van der Waals surface area (Å²) in [6, 6.07) is 16.8. The van der Waals surface area contributed by atoms with Crippen LogP contribution in [0.15, 0.2) is 79.1 Å². The van der Waals surface area contributed by atoms with Crippen LogP contribution in [0.2, 0.25) is 10.0 Å². The molecule has 4 fully saturated rings. The number of H-pyrrole nitrogens is 1. The number of benzene rings is 3. The summed E-state index contributed by atoms with van der Waals surface area (Å²) < 4.78 is 64.2. The smallest absolute Gasteiger partial charge is 0.415 e. The van der Waals surface area contributed by atoms with Gasteiger partial charge >= 0.3 is 18.7 Å². The van der Waals surface area contributed by atoms with Crippen LogP contribution in [0, 0.1) is 17.7 Å². The molecule has 3 saturated heterocycles. The van der Waals surface area contributed by atoms with Crippen molar-refractivity contribution in [1.29, 1.82) is 0 Å². The lowest BCUT2D eigenvalue weighted by Gasteiger charge is -2.44. The number of aromatic amines is 1. The second-order valence-electron chi connectivity index (χ2n) is 13.9. The number of hydrogen-bond donors (Lipinski definition) is 0. The molecule has 2 N–H and O–H groups in total. The number of carbonyl (C=O) groups excluding carboxylic acids is 2. The normalized spacial score (nSPS) is 19.3. The molecule has 1 aromatic heterocycles. The van der Waals surface area contributed by atoms with Gasteiger partial charge in [-0.25, -0.2) is 19.0 Å². The average molecular weight is 803 g/mol. The number of para-hydroxylation sites is 1. The van der Waals surface area contributed by atoms with Crippen LogP contribution in [0.3, 0.4) is 0 Å². The Balaban J connectivity index is 0.00000514. The Kier molecular flexibility index (Phi) is 13.1. The van der Waals surface area contributed by atoms with Crippen molar-refractivity contribution in [3.63, 3.8) is 0 Å². The van der Waals surface area contributed by atoms with E-state index in [9.17, 15) is 18.4 Å². The molecular formula is C40H40Cl2F3N3O7. The van der Waals surface area contributed by atoms with Crippen molar-refractivity contribution in [2.24, 2.45) is 11.8 Å². The fraction of sp³-hybridized carbons (Fsp3) is 0.375. The number of alkyl halides is 2.